The molecule has 1 aliphatic rings. The van der Waals surface area contributed by atoms with Crippen LogP contribution in [0.25, 0.3) is 0 Å². The van der Waals surface area contributed by atoms with Crippen molar-refractivity contribution in [3.8, 4) is 5.75 Å². The van der Waals surface area contributed by atoms with Gasteiger partial charge in [-0.05, 0) is 50.2 Å². The second kappa shape index (κ2) is 12.4. The number of hydrogen-bond donors (Lipinski definition) is 2. The molecule has 0 bridgehead atoms. The van der Waals surface area contributed by atoms with E-state index in [2.05, 4.69) is 47.7 Å². The lowest BCUT2D eigenvalue weighted by molar-refractivity contribution is 0.105. The van der Waals surface area contributed by atoms with E-state index in [1.165, 1.54) is 31.2 Å². The van der Waals surface area contributed by atoms with Gasteiger partial charge in [0.2, 0.25) is 0 Å². The highest BCUT2D eigenvalue weighted by atomic mass is 127. The lowest BCUT2D eigenvalue weighted by Gasteiger charge is -2.30. The number of aliphatic imine (C=N–C) groups is 1. The molecule has 154 valence electrons. The average Bonchev–Trinajstić information content (AvgIpc) is 3.12. The Bertz CT molecular complexity index is 587. The van der Waals surface area contributed by atoms with Gasteiger partial charge in [0.1, 0.15) is 5.75 Å². The first kappa shape index (κ1) is 24.0. The number of nitrogens with zero attached hydrogens (tertiary/aromatic N) is 1. The van der Waals surface area contributed by atoms with E-state index in [4.69, 9.17) is 9.47 Å². The van der Waals surface area contributed by atoms with Crippen molar-refractivity contribution in [2.75, 3.05) is 33.9 Å². The Morgan fingerprint density at radius 2 is 1.96 bits per heavy atom. The number of methoxy groups -OCH3 is 1. The zero-order chi connectivity index (χ0) is 18.8. The summed E-state index contributed by atoms with van der Waals surface area (Å²) in [6.07, 6.45) is 6.31. The van der Waals surface area contributed by atoms with Crippen LogP contribution >= 0.6 is 24.0 Å². The third-order valence-electron chi connectivity index (χ3n) is 5.39. The maximum absolute atomic E-state index is 5.61. The molecule has 0 aliphatic heterocycles. The van der Waals surface area contributed by atoms with E-state index in [1.807, 2.05) is 7.05 Å². The summed E-state index contributed by atoms with van der Waals surface area (Å²) in [6, 6.07) is 6.28. The van der Waals surface area contributed by atoms with Crippen LogP contribution in [0, 0.1) is 12.3 Å². The second-order valence-electron chi connectivity index (χ2n) is 7.25. The van der Waals surface area contributed by atoms with Crippen LogP contribution in [0.1, 0.15) is 50.2 Å². The molecule has 0 radical (unpaired) electrons. The smallest absolute Gasteiger partial charge is 0.191 e. The van der Waals surface area contributed by atoms with Crippen molar-refractivity contribution in [1.82, 2.24) is 10.6 Å². The first-order chi connectivity index (χ1) is 12.6. The van der Waals surface area contributed by atoms with E-state index in [0.717, 1.165) is 43.5 Å². The topological polar surface area (TPSA) is 54.9 Å². The lowest BCUT2D eigenvalue weighted by Crippen LogP contribution is -2.43. The van der Waals surface area contributed by atoms with Crippen molar-refractivity contribution in [3.63, 3.8) is 0 Å². The first-order valence-electron chi connectivity index (χ1n) is 9.78. The van der Waals surface area contributed by atoms with Gasteiger partial charge in [0.25, 0.3) is 0 Å². The summed E-state index contributed by atoms with van der Waals surface area (Å²) in [4.78, 5) is 4.39. The largest absolute Gasteiger partial charge is 0.496 e. The Hall–Kier alpha value is -1.02. The van der Waals surface area contributed by atoms with Gasteiger partial charge in [-0.15, -0.1) is 24.0 Å². The molecule has 0 heterocycles. The molecule has 0 spiro atoms. The third-order valence-corrected chi connectivity index (χ3v) is 5.39. The lowest BCUT2D eigenvalue weighted by atomic mass is 9.83. The average molecular weight is 489 g/mol. The molecule has 0 atom stereocenters. The number of ether oxygens (including phenoxy) is 2. The van der Waals surface area contributed by atoms with Crippen LogP contribution in [-0.4, -0.2) is 39.9 Å². The molecule has 2 rings (SSSR count). The SMILES string of the molecule is CCOCCC1(CNC(=NC)NCc2ccc(C)cc2OC)CCCC1.I. The highest BCUT2D eigenvalue weighted by Crippen LogP contribution is 2.40. The number of guanidine groups is 1. The van der Waals surface area contributed by atoms with E-state index in [-0.39, 0.29) is 24.0 Å². The van der Waals surface area contributed by atoms with E-state index in [1.54, 1.807) is 7.11 Å². The number of benzene rings is 1. The van der Waals surface area contributed by atoms with Gasteiger partial charge in [-0.25, -0.2) is 0 Å². The van der Waals surface area contributed by atoms with Crippen molar-refractivity contribution >= 4 is 29.9 Å². The molecular weight excluding hydrogens is 453 g/mol. The molecular formula is C21H36IN3O2. The fourth-order valence-electron chi connectivity index (χ4n) is 3.74. The second-order valence-corrected chi connectivity index (χ2v) is 7.25. The quantitative estimate of drug-likeness (QED) is 0.236. The van der Waals surface area contributed by atoms with Gasteiger partial charge in [-0.2, -0.15) is 0 Å². The Labute approximate surface area is 181 Å². The predicted molar refractivity (Wildman–Crippen MR) is 123 cm³/mol. The molecule has 1 aliphatic carbocycles. The normalized spacial score (nSPS) is 15.9. The summed E-state index contributed by atoms with van der Waals surface area (Å²) in [6.45, 7) is 7.42. The Balaban J connectivity index is 0.00000364. The Morgan fingerprint density at radius 1 is 1.22 bits per heavy atom. The van der Waals surface area contributed by atoms with Crippen molar-refractivity contribution in [3.05, 3.63) is 29.3 Å². The standard InChI is InChI=1S/C21H35N3O2.HI/c1-5-26-13-12-21(10-6-7-11-21)16-24-20(22-3)23-15-18-9-8-17(2)14-19(18)25-4;/h8-9,14H,5-7,10-13,15-16H2,1-4H3,(H2,22,23,24);1H. The molecule has 0 aromatic heterocycles. The molecule has 1 aromatic carbocycles. The molecule has 1 aromatic rings. The van der Waals surface area contributed by atoms with E-state index in [9.17, 15) is 0 Å². The molecule has 1 saturated carbocycles. The summed E-state index contributed by atoms with van der Waals surface area (Å²) in [5.74, 6) is 1.76. The van der Waals surface area contributed by atoms with Gasteiger partial charge < -0.3 is 20.1 Å². The Kier molecular flexibility index (Phi) is 11.1. The van der Waals surface area contributed by atoms with E-state index < -0.39 is 0 Å². The minimum Gasteiger partial charge on any atom is -0.496 e. The highest BCUT2D eigenvalue weighted by Gasteiger charge is 2.33. The summed E-state index contributed by atoms with van der Waals surface area (Å²) in [5, 5.41) is 6.96. The molecule has 0 saturated heterocycles. The maximum Gasteiger partial charge on any atom is 0.191 e. The van der Waals surface area contributed by atoms with Crippen molar-refractivity contribution < 1.29 is 9.47 Å². The van der Waals surface area contributed by atoms with Crippen LogP contribution in [0.3, 0.4) is 0 Å². The predicted octanol–water partition coefficient (Wildman–Crippen LogP) is 4.27. The number of hydrogen-bond acceptors (Lipinski definition) is 3. The summed E-state index contributed by atoms with van der Waals surface area (Å²) in [7, 11) is 3.54. The van der Waals surface area contributed by atoms with Gasteiger partial charge in [-0.1, -0.05) is 25.0 Å². The van der Waals surface area contributed by atoms with Gasteiger partial charge in [-0.3, -0.25) is 4.99 Å². The number of aryl methyl sites for hydroxylation is 1. The van der Waals surface area contributed by atoms with Crippen LogP contribution in [0.2, 0.25) is 0 Å². The van der Waals surface area contributed by atoms with Gasteiger partial charge in [0.15, 0.2) is 5.96 Å². The zero-order valence-electron chi connectivity index (χ0n) is 17.3. The van der Waals surface area contributed by atoms with Gasteiger partial charge >= 0.3 is 0 Å². The zero-order valence-corrected chi connectivity index (χ0v) is 19.6. The fraction of sp³-hybridized carbons (Fsp3) is 0.667. The van der Waals surface area contributed by atoms with Crippen LogP contribution < -0.4 is 15.4 Å². The summed E-state index contributed by atoms with van der Waals surface area (Å²) in [5.41, 5.74) is 2.67. The molecule has 1 fully saturated rings. The molecule has 6 heteroatoms. The third kappa shape index (κ3) is 7.49. The molecule has 27 heavy (non-hydrogen) atoms. The van der Waals surface area contributed by atoms with Gasteiger partial charge in [0.05, 0.1) is 7.11 Å². The summed E-state index contributed by atoms with van der Waals surface area (Å²) < 4.78 is 11.1. The maximum atomic E-state index is 5.61. The minimum absolute atomic E-state index is 0. The van der Waals surface area contributed by atoms with Crippen LogP contribution in [0.4, 0.5) is 0 Å². The molecule has 0 amide bonds. The molecule has 5 nitrogen and oxygen atoms in total. The van der Waals surface area contributed by atoms with E-state index >= 15 is 0 Å². The van der Waals surface area contributed by atoms with E-state index in [0.29, 0.717) is 12.0 Å². The van der Waals surface area contributed by atoms with Gasteiger partial charge in [0, 0.05) is 38.9 Å². The van der Waals surface area contributed by atoms with Crippen molar-refractivity contribution in [2.45, 2.75) is 52.5 Å². The minimum atomic E-state index is 0. The van der Waals surface area contributed by atoms with Crippen LogP contribution in [0.15, 0.2) is 23.2 Å². The first-order valence-corrected chi connectivity index (χ1v) is 9.78. The fourth-order valence-corrected chi connectivity index (χ4v) is 3.74. The molecule has 2 N–H and O–H groups in total. The van der Waals surface area contributed by atoms with Crippen molar-refractivity contribution in [1.29, 1.82) is 0 Å². The number of rotatable bonds is 9. The van der Waals surface area contributed by atoms with Crippen molar-refractivity contribution in [2.24, 2.45) is 10.4 Å². The monoisotopic (exact) mass is 489 g/mol. The van der Waals surface area contributed by atoms with Crippen LogP contribution in [0.5, 0.6) is 5.75 Å². The summed E-state index contributed by atoms with van der Waals surface area (Å²) >= 11 is 0. The van der Waals surface area contributed by atoms with Crippen LogP contribution in [-0.2, 0) is 11.3 Å². The number of halogens is 1. The molecule has 0 unspecified atom stereocenters. The number of nitrogens with one attached hydrogen (secondary N) is 2. The highest BCUT2D eigenvalue weighted by molar-refractivity contribution is 14.0. The Morgan fingerprint density at radius 3 is 2.59 bits per heavy atom.